The van der Waals surface area contributed by atoms with Crippen LogP contribution in [-0.4, -0.2) is 35.6 Å². The number of aryl methyl sites for hydroxylation is 1. The van der Waals surface area contributed by atoms with Crippen molar-refractivity contribution >= 4 is 34.8 Å². The van der Waals surface area contributed by atoms with E-state index in [0.717, 1.165) is 13.0 Å². The van der Waals surface area contributed by atoms with Gasteiger partial charge in [0.25, 0.3) is 5.91 Å². The number of aromatic nitrogens is 1. The highest BCUT2D eigenvalue weighted by Crippen LogP contribution is 2.37. The highest BCUT2D eigenvalue weighted by Gasteiger charge is 2.25. The fourth-order valence-corrected chi connectivity index (χ4v) is 4.35. The highest BCUT2D eigenvalue weighted by atomic mass is 35.5. The molecule has 1 fully saturated rings. The molecule has 3 aromatic rings. The van der Waals surface area contributed by atoms with Gasteiger partial charge in [-0.1, -0.05) is 46.6 Å². The third kappa shape index (κ3) is 4.53. The third-order valence-corrected chi connectivity index (χ3v) is 6.05. The predicted octanol–water partition coefficient (Wildman–Crippen LogP) is 5.85. The molecule has 0 unspecified atom stereocenters. The molecule has 0 aliphatic carbocycles. The number of nitrogens with zero attached hydrogens (tertiary/aromatic N) is 2. The zero-order valence-corrected chi connectivity index (χ0v) is 18.3. The van der Waals surface area contributed by atoms with Gasteiger partial charge in [-0.15, -0.1) is 0 Å². The van der Waals surface area contributed by atoms with Crippen molar-refractivity contribution in [2.45, 2.75) is 26.2 Å². The molecule has 1 aliphatic heterocycles. The van der Waals surface area contributed by atoms with E-state index in [1.807, 2.05) is 12.1 Å². The molecular weight excluding hydrogens is 421 g/mol. The molecule has 0 radical (unpaired) electrons. The lowest BCUT2D eigenvalue weighted by Crippen LogP contribution is -2.21. The maximum Gasteiger partial charge on any atom is 0.261 e. The molecule has 0 saturated carbocycles. The van der Waals surface area contributed by atoms with Crippen LogP contribution in [-0.2, 0) is 6.42 Å². The number of carbonyl (C=O) groups excluding carboxylic acids is 1. The van der Waals surface area contributed by atoms with E-state index in [2.05, 4.69) is 27.5 Å². The number of hydrogen-bond donors (Lipinski definition) is 1. The second-order valence-corrected chi connectivity index (χ2v) is 8.32. The van der Waals surface area contributed by atoms with Gasteiger partial charge in [0.15, 0.2) is 0 Å². The Morgan fingerprint density at radius 1 is 1.10 bits per heavy atom. The first-order chi connectivity index (χ1) is 14.5. The fourth-order valence-electron chi connectivity index (χ4n) is 3.78. The van der Waals surface area contributed by atoms with Gasteiger partial charge < -0.3 is 14.7 Å². The summed E-state index contributed by atoms with van der Waals surface area (Å²) in [5.74, 6) is 0.0882. The zero-order valence-electron chi connectivity index (χ0n) is 16.8. The van der Waals surface area contributed by atoms with Crippen LogP contribution in [0.1, 0.15) is 34.5 Å². The van der Waals surface area contributed by atoms with Crippen LogP contribution in [0.25, 0.3) is 11.3 Å². The van der Waals surface area contributed by atoms with Crippen molar-refractivity contribution in [3.8, 4) is 11.3 Å². The number of benzene rings is 2. The van der Waals surface area contributed by atoms with E-state index in [9.17, 15) is 4.79 Å². The minimum absolute atomic E-state index is 0.315. The quantitative estimate of drug-likeness (QED) is 0.519. The van der Waals surface area contributed by atoms with Crippen LogP contribution in [0.5, 0.6) is 0 Å². The van der Waals surface area contributed by atoms with Gasteiger partial charge in [0, 0.05) is 17.8 Å². The molecule has 5 nitrogen and oxygen atoms in total. The summed E-state index contributed by atoms with van der Waals surface area (Å²) in [4.78, 5) is 15.5. The van der Waals surface area contributed by atoms with E-state index in [1.54, 1.807) is 25.1 Å². The Balaban J connectivity index is 1.49. The number of anilines is 1. The molecule has 1 amide bonds. The monoisotopic (exact) mass is 443 g/mol. The summed E-state index contributed by atoms with van der Waals surface area (Å²) in [6, 6.07) is 13.1. The molecule has 0 spiro atoms. The van der Waals surface area contributed by atoms with Crippen LogP contribution in [0.15, 0.2) is 47.0 Å². The molecule has 7 heteroatoms. The summed E-state index contributed by atoms with van der Waals surface area (Å²) < 4.78 is 5.29. The Labute approximate surface area is 186 Å². The van der Waals surface area contributed by atoms with E-state index in [0.29, 0.717) is 38.3 Å². The van der Waals surface area contributed by atoms with Gasteiger partial charge in [0.1, 0.15) is 17.0 Å². The molecule has 1 aromatic heterocycles. The molecule has 0 atom stereocenters. The largest absolute Gasteiger partial charge is 0.360 e. The van der Waals surface area contributed by atoms with Crippen LogP contribution in [0.2, 0.25) is 10.0 Å². The lowest BCUT2D eigenvalue weighted by Gasteiger charge is -2.14. The summed E-state index contributed by atoms with van der Waals surface area (Å²) in [6.07, 6.45) is 3.61. The fraction of sp³-hybridized carbons (Fsp3) is 0.304. The number of amides is 1. The number of hydrogen-bond acceptors (Lipinski definition) is 4. The van der Waals surface area contributed by atoms with E-state index in [4.69, 9.17) is 27.7 Å². The van der Waals surface area contributed by atoms with Crippen LogP contribution in [0, 0.1) is 6.92 Å². The lowest BCUT2D eigenvalue weighted by molar-refractivity contribution is 0.102. The predicted molar refractivity (Wildman–Crippen MR) is 120 cm³/mol. The second-order valence-electron chi connectivity index (χ2n) is 7.51. The van der Waals surface area contributed by atoms with Crippen LogP contribution in [0.3, 0.4) is 0 Å². The standard InChI is InChI=1S/C23H23Cl2N3O2/c1-15-20(22(27-30-15)21-18(24)5-4-6-19(21)25)23(29)26-17-9-7-16(8-10-17)11-14-28-12-2-3-13-28/h4-10H,2-3,11-14H2,1H3,(H,26,29). The Kier molecular flexibility index (Phi) is 6.42. The van der Waals surface area contributed by atoms with Crippen molar-refractivity contribution in [2.24, 2.45) is 0 Å². The average Bonchev–Trinajstić information content (AvgIpc) is 3.37. The minimum Gasteiger partial charge on any atom is -0.360 e. The molecule has 1 saturated heterocycles. The van der Waals surface area contributed by atoms with Gasteiger partial charge in [0.2, 0.25) is 0 Å². The first-order valence-electron chi connectivity index (χ1n) is 10.1. The number of nitrogens with one attached hydrogen (secondary N) is 1. The van der Waals surface area contributed by atoms with Crippen molar-refractivity contribution in [1.82, 2.24) is 10.1 Å². The summed E-state index contributed by atoms with van der Waals surface area (Å²) >= 11 is 12.6. The van der Waals surface area contributed by atoms with Gasteiger partial charge >= 0.3 is 0 Å². The number of likely N-dealkylation sites (tertiary alicyclic amines) is 1. The number of rotatable bonds is 6. The Morgan fingerprint density at radius 3 is 2.43 bits per heavy atom. The van der Waals surface area contributed by atoms with Crippen molar-refractivity contribution in [2.75, 3.05) is 25.0 Å². The average molecular weight is 444 g/mol. The van der Waals surface area contributed by atoms with Crippen LogP contribution in [0.4, 0.5) is 5.69 Å². The van der Waals surface area contributed by atoms with E-state index in [-0.39, 0.29) is 5.91 Å². The van der Waals surface area contributed by atoms with Crippen molar-refractivity contribution in [3.05, 3.63) is 69.4 Å². The smallest absolute Gasteiger partial charge is 0.261 e. The zero-order chi connectivity index (χ0) is 21.1. The van der Waals surface area contributed by atoms with Crippen molar-refractivity contribution in [1.29, 1.82) is 0 Å². The Morgan fingerprint density at radius 2 is 1.77 bits per heavy atom. The SMILES string of the molecule is Cc1onc(-c2c(Cl)cccc2Cl)c1C(=O)Nc1ccc(CCN2CCCC2)cc1. The first kappa shape index (κ1) is 20.9. The van der Waals surface area contributed by atoms with E-state index >= 15 is 0 Å². The summed E-state index contributed by atoms with van der Waals surface area (Å²) in [7, 11) is 0. The van der Waals surface area contributed by atoms with Gasteiger partial charge in [-0.3, -0.25) is 4.79 Å². The van der Waals surface area contributed by atoms with Crippen molar-refractivity contribution in [3.63, 3.8) is 0 Å². The highest BCUT2D eigenvalue weighted by molar-refractivity contribution is 6.39. The molecule has 2 aromatic carbocycles. The Bertz CT molecular complexity index is 1020. The summed E-state index contributed by atoms with van der Waals surface area (Å²) in [6.45, 7) is 5.17. The second kappa shape index (κ2) is 9.21. The van der Waals surface area contributed by atoms with Crippen LogP contribution >= 0.6 is 23.2 Å². The lowest BCUT2D eigenvalue weighted by atomic mass is 10.1. The van der Waals surface area contributed by atoms with Gasteiger partial charge in [-0.05, 0) is 69.1 Å². The molecule has 30 heavy (non-hydrogen) atoms. The number of carbonyl (C=O) groups is 1. The van der Waals surface area contributed by atoms with Gasteiger partial charge in [-0.25, -0.2) is 0 Å². The first-order valence-corrected chi connectivity index (χ1v) is 10.8. The summed E-state index contributed by atoms with van der Waals surface area (Å²) in [5, 5.41) is 7.78. The van der Waals surface area contributed by atoms with E-state index < -0.39 is 0 Å². The topological polar surface area (TPSA) is 58.4 Å². The number of halogens is 2. The van der Waals surface area contributed by atoms with Crippen LogP contribution < -0.4 is 5.32 Å². The Hall–Kier alpha value is -2.34. The maximum atomic E-state index is 13.0. The van der Waals surface area contributed by atoms with Gasteiger partial charge in [0.05, 0.1) is 10.0 Å². The molecule has 4 rings (SSSR count). The molecule has 1 N–H and O–H groups in total. The molecule has 1 aliphatic rings. The maximum absolute atomic E-state index is 13.0. The molecule has 2 heterocycles. The van der Waals surface area contributed by atoms with Crippen molar-refractivity contribution < 1.29 is 9.32 Å². The molecule has 0 bridgehead atoms. The van der Waals surface area contributed by atoms with E-state index in [1.165, 1.54) is 31.5 Å². The van der Waals surface area contributed by atoms with Gasteiger partial charge in [-0.2, -0.15) is 0 Å². The third-order valence-electron chi connectivity index (χ3n) is 5.42. The molecule has 156 valence electrons. The minimum atomic E-state index is -0.315. The molecular formula is C23H23Cl2N3O2. The summed E-state index contributed by atoms with van der Waals surface area (Å²) in [5.41, 5.74) is 3.11. The normalized spacial score (nSPS) is 14.2.